The molecule has 0 spiro atoms. The highest BCUT2D eigenvalue weighted by molar-refractivity contribution is 7.94. The number of benzene rings is 1. The van der Waals surface area contributed by atoms with Gasteiger partial charge >= 0.3 is 0 Å². The van der Waals surface area contributed by atoms with Gasteiger partial charge in [-0.2, -0.15) is 0 Å². The minimum Gasteiger partial charge on any atom is -0.308 e. The molecule has 6 nitrogen and oxygen atoms in total. The van der Waals surface area contributed by atoms with Gasteiger partial charge in [-0.05, 0) is 54.8 Å². The quantitative estimate of drug-likeness (QED) is 0.692. The molecule has 0 bridgehead atoms. The molecule has 28 heavy (non-hydrogen) atoms. The van der Waals surface area contributed by atoms with Crippen LogP contribution in [0.4, 0.5) is 11.4 Å². The molecule has 0 atom stereocenters. The second kappa shape index (κ2) is 7.37. The van der Waals surface area contributed by atoms with Crippen molar-refractivity contribution in [3.8, 4) is 0 Å². The Morgan fingerprint density at radius 2 is 1.96 bits per heavy atom. The van der Waals surface area contributed by atoms with Crippen LogP contribution in [-0.4, -0.2) is 25.9 Å². The maximum Gasteiger partial charge on any atom is 0.271 e. The lowest BCUT2D eigenvalue weighted by Gasteiger charge is -2.18. The summed E-state index contributed by atoms with van der Waals surface area (Å²) < 4.78 is 28.3. The van der Waals surface area contributed by atoms with Crippen LogP contribution in [0.25, 0.3) is 0 Å². The highest BCUT2D eigenvalue weighted by atomic mass is 32.2. The Labute approximate surface area is 167 Å². The number of carbonyl (C=O) groups is 1. The first-order valence-corrected chi connectivity index (χ1v) is 11.2. The molecule has 0 saturated heterocycles. The van der Waals surface area contributed by atoms with Crippen molar-refractivity contribution < 1.29 is 13.2 Å². The van der Waals surface area contributed by atoms with E-state index in [1.165, 1.54) is 11.3 Å². The van der Waals surface area contributed by atoms with Gasteiger partial charge in [0.1, 0.15) is 4.21 Å². The van der Waals surface area contributed by atoms with Crippen LogP contribution in [0.2, 0.25) is 0 Å². The van der Waals surface area contributed by atoms with E-state index < -0.39 is 10.0 Å². The average molecular weight is 414 g/mol. The normalized spacial score (nSPS) is 13.4. The lowest BCUT2D eigenvalue weighted by Crippen LogP contribution is -2.28. The van der Waals surface area contributed by atoms with E-state index in [0.29, 0.717) is 17.8 Å². The number of nitrogens with zero attached hydrogens (tertiary/aromatic N) is 2. The summed E-state index contributed by atoms with van der Waals surface area (Å²) in [6.45, 7) is 2.56. The lowest BCUT2D eigenvalue weighted by atomic mass is 10.1. The summed E-state index contributed by atoms with van der Waals surface area (Å²) in [5.41, 5.74) is 2.76. The van der Waals surface area contributed by atoms with Gasteiger partial charge in [0, 0.05) is 35.1 Å². The van der Waals surface area contributed by atoms with Gasteiger partial charge < -0.3 is 4.90 Å². The number of thiophene rings is 1. The first-order valence-electron chi connectivity index (χ1n) is 8.94. The van der Waals surface area contributed by atoms with Crippen molar-refractivity contribution in [1.29, 1.82) is 0 Å². The third-order valence-electron chi connectivity index (χ3n) is 4.66. The smallest absolute Gasteiger partial charge is 0.271 e. The molecular weight excluding hydrogens is 394 g/mol. The van der Waals surface area contributed by atoms with E-state index in [2.05, 4.69) is 9.71 Å². The monoisotopic (exact) mass is 413 g/mol. The second-order valence-corrected chi connectivity index (χ2v) is 9.54. The van der Waals surface area contributed by atoms with Crippen LogP contribution in [-0.2, 0) is 22.9 Å². The number of carbonyl (C=O) groups excluding carboxylic acids is 1. The average Bonchev–Trinajstić information content (AvgIpc) is 3.35. The van der Waals surface area contributed by atoms with Gasteiger partial charge in [0.15, 0.2) is 0 Å². The molecule has 0 radical (unpaired) electrons. The Morgan fingerprint density at radius 1 is 1.18 bits per heavy atom. The number of anilines is 2. The van der Waals surface area contributed by atoms with Gasteiger partial charge in [0.25, 0.3) is 15.9 Å². The molecular formula is C20H19N3O3S2. The third kappa shape index (κ3) is 3.53. The van der Waals surface area contributed by atoms with Crippen molar-refractivity contribution >= 4 is 38.6 Å². The summed E-state index contributed by atoms with van der Waals surface area (Å²) in [6.07, 6.45) is 4.70. The fourth-order valence-corrected chi connectivity index (χ4v) is 5.55. The maximum atomic E-state index is 12.8. The Bertz CT molecular complexity index is 1120. The fourth-order valence-electron chi connectivity index (χ4n) is 3.20. The van der Waals surface area contributed by atoms with Gasteiger partial charge in [-0.25, -0.2) is 8.42 Å². The van der Waals surface area contributed by atoms with E-state index in [4.69, 9.17) is 0 Å². The topological polar surface area (TPSA) is 79.4 Å². The maximum absolute atomic E-state index is 12.8. The predicted octanol–water partition coefficient (Wildman–Crippen LogP) is 3.71. The summed E-state index contributed by atoms with van der Waals surface area (Å²) in [5, 5.41) is 0. The summed E-state index contributed by atoms with van der Waals surface area (Å²) in [5.74, 6) is -0.119. The number of hydrogen-bond donors (Lipinski definition) is 1. The minimum atomic E-state index is -3.65. The fraction of sp³-hybridized carbons (Fsp3) is 0.200. The molecule has 4 rings (SSSR count). The minimum absolute atomic E-state index is 0.119. The van der Waals surface area contributed by atoms with Gasteiger partial charge in [-0.3, -0.25) is 14.5 Å². The highest BCUT2D eigenvalue weighted by Crippen LogP contribution is 2.33. The van der Waals surface area contributed by atoms with Crippen LogP contribution >= 0.6 is 11.3 Å². The molecule has 1 aliphatic rings. The number of aryl methyl sites for hydroxylation is 1. The Morgan fingerprint density at radius 3 is 2.68 bits per heavy atom. The van der Waals surface area contributed by atoms with Crippen molar-refractivity contribution in [2.45, 2.75) is 24.0 Å². The zero-order valence-electron chi connectivity index (χ0n) is 15.3. The van der Waals surface area contributed by atoms with Crippen LogP contribution in [0.3, 0.4) is 0 Å². The molecule has 1 aromatic carbocycles. The standard InChI is InChI=1S/C20H19N3O3S2/c1-2-17-5-6-19(27-17)28(25,26)22-16-4-3-14-9-12-23(18(14)13-16)20(24)15-7-10-21-11-8-15/h3-8,10-11,13,22H,2,9,12H2,1H3. The van der Waals surface area contributed by atoms with E-state index in [1.54, 1.807) is 47.6 Å². The zero-order valence-corrected chi connectivity index (χ0v) is 16.9. The molecule has 2 aromatic heterocycles. The molecule has 0 aliphatic carbocycles. The summed E-state index contributed by atoms with van der Waals surface area (Å²) >= 11 is 1.27. The second-order valence-electron chi connectivity index (χ2n) is 6.47. The molecule has 144 valence electrons. The first kappa shape index (κ1) is 18.6. The lowest BCUT2D eigenvalue weighted by molar-refractivity contribution is 0.0989. The van der Waals surface area contributed by atoms with Gasteiger partial charge in [-0.1, -0.05) is 13.0 Å². The number of aromatic nitrogens is 1. The van der Waals surface area contributed by atoms with Crippen molar-refractivity contribution in [1.82, 2.24) is 4.98 Å². The Balaban J connectivity index is 1.61. The van der Waals surface area contributed by atoms with Crippen molar-refractivity contribution in [2.75, 3.05) is 16.2 Å². The summed E-state index contributed by atoms with van der Waals surface area (Å²) in [7, 11) is -3.65. The van der Waals surface area contributed by atoms with Gasteiger partial charge in [-0.15, -0.1) is 11.3 Å². The Hall–Kier alpha value is -2.71. The number of amides is 1. The molecule has 3 aromatic rings. The van der Waals surface area contributed by atoms with E-state index >= 15 is 0 Å². The third-order valence-corrected chi connectivity index (χ3v) is 7.76. The van der Waals surface area contributed by atoms with Crippen molar-refractivity contribution in [2.24, 2.45) is 0 Å². The Kier molecular flexibility index (Phi) is 4.91. The summed E-state index contributed by atoms with van der Waals surface area (Å²) in [4.78, 5) is 19.5. The van der Waals surface area contributed by atoms with E-state index in [-0.39, 0.29) is 10.1 Å². The molecule has 0 fully saturated rings. The highest BCUT2D eigenvalue weighted by Gasteiger charge is 2.26. The number of fused-ring (bicyclic) bond motifs is 1. The van der Waals surface area contributed by atoms with Crippen LogP contribution in [0.1, 0.15) is 27.7 Å². The zero-order chi connectivity index (χ0) is 19.7. The molecule has 0 saturated carbocycles. The number of sulfonamides is 1. The molecule has 1 aliphatic heterocycles. The largest absolute Gasteiger partial charge is 0.308 e. The molecule has 0 unspecified atom stereocenters. The van der Waals surface area contributed by atoms with Crippen molar-refractivity contribution in [3.63, 3.8) is 0 Å². The van der Waals surface area contributed by atoms with Crippen molar-refractivity contribution in [3.05, 3.63) is 70.9 Å². The van der Waals surface area contributed by atoms with Crippen LogP contribution < -0.4 is 9.62 Å². The van der Waals surface area contributed by atoms with E-state index in [0.717, 1.165) is 29.0 Å². The van der Waals surface area contributed by atoms with Gasteiger partial charge in [0.05, 0.1) is 5.69 Å². The van der Waals surface area contributed by atoms with Crippen LogP contribution in [0.15, 0.2) is 59.1 Å². The van der Waals surface area contributed by atoms with Crippen LogP contribution in [0, 0.1) is 0 Å². The van der Waals surface area contributed by atoms with E-state index in [1.807, 2.05) is 19.1 Å². The molecule has 8 heteroatoms. The number of rotatable bonds is 5. The molecule has 1 N–H and O–H groups in total. The predicted molar refractivity (Wildman–Crippen MR) is 111 cm³/mol. The number of hydrogen-bond acceptors (Lipinski definition) is 5. The van der Waals surface area contributed by atoms with Gasteiger partial charge in [0.2, 0.25) is 0 Å². The first-order chi connectivity index (χ1) is 13.5. The number of nitrogens with one attached hydrogen (secondary N) is 1. The number of pyridine rings is 1. The molecule has 3 heterocycles. The molecule has 1 amide bonds. The summed E-state index contributed by atoms with van der Waals surface area (Å²) in [6, 6.07) is 12.1. The SMILES string of the molecule is CCc1ccc(S(=O)(=O)Nc2ccc3c(c2)N(C(=O)c2ccncc2)CC3)s1. The van der Waals surface area contributed by atoms with E-state index in [9.17, 15) is 13.2 Å². The van der Waals surface area contributed by atoms with Crippen LogP contribution in [0.5, 0.6) is 0 Å².